The molecule has 7 aromatic rings. The normalized spacial score (nSPS) is 24.9. The van der Waals surface area contributed by atoms with Crippen LogP contribution < -0.4 is 86.7 Å². The van der Waals surface area contributed by atoms with Crippen molar-refractivity contribution in [1.29, 1.82) is 0 Å². The zero-order valence-corrected chi connectivity index (χ0v) is 83.8. The number of phenols is 1. The summed E-state index contributed by atoms with van der Waals surface area (Å²) in [5, 5.41) is 83.3. The molecular weight excluding hydrogens is 1960 g/mol. The predicted octanol–water partition coefficient (Wildman–Crippen LogP) is 0.945. The van der Waals surface area contributed by atoms with E-state index in [1.54, 1.807) is 81.4 Å². The number of hydrogen-bond donors (Lipinski definition) is 21. The van der Waals surface area contributed by atoms with Gasteiger partial charge in [-0.05, 0) is 105 Å². The molecule has 6 heterocycles. The molecule has 17 atom stereocenters. The van der Waals surface area contributed by atoms with Crippen LogP contribution in [0.5, 0.6) is 5.75 Å². The van der Waals surface area contributed by atoms with Gasteiger partial charge in [0.1, 0.15) is 71.7 Å². The quantitative estimate of drug-likeness (QED) is 0.0536. The van der Waals surface area contributed by atoms with Gasteiger partial charge in [0.25, 0.3) is 0 Å². The summed E-state index contributed by atoms with van der Waals surface area (Å²) in [6, 6.07) is 23.5. The van der Waals surface area contributed by atoms with Gasteiger partial charge < -0.3 is 112 Å². The van der Waals surface area contributed by atoms with Crippen LogP contribution in [0.1, 0.15) is 136 Å². The van der Waals surface area contributed by atoms with E-state index in [0.29, 0.717) is 47.3 Å². The highest BCUT2D eigenvalue weighted by molar-refractivity contribution is 7.99. The van der Waals surface area contributed by atoms with Gasteiger partial charge in [-0.15, -0.1) is 0 Å². The molecule has 1 saturated carbocycles. The molecule has 7 aliphatic rings. The molecule has 2 unspecified atom stereocenters. The lowest BCUT2D eigenvalue weighted by Gasteiger charge is -2.32. The molecule has 14 rings (SSSR count). The molecule has 42 nitrogen and oxygen atoms in total. The number of nitrogens with one attached hydrogen (secondary N) is 12. The van der Waals surface area contributed by atoms with Gasteiger partial charge in [0.2, 0.25) is 82.7 Å². The molecule has 1 aliphatic carbocycles. The van der Waals surface area contributed by atoms with Crippen molar-refractivity contribution < 1.29 is 121 Å². The minimum absolute atomic E-state index is 0.0250. The predicted molar refractivity (Wildman–Crippen MR) is 542 cm³/mol. The Hall–Kier alpha value is -14.7. The van der Waals surface area contributed by atoms with E-state index in [-0.39, 0.29) is 40.1 Å². The van der Waals surface area contributed by atoms with E-state index in [1.165, 1.54) is 73.8 Å². The lowest BCUT2D eigenvalue weighted by Crippen LogP contribution is -2.62. The number of thioether (sulfide) groups is 3. The highest BCUT2D eigenvalue weighted by atomic mass is 32.2. The van der Waals surface area contributed by atoms with Gasteiger partial charge in [-0.3, -0.25) is 101 Å². The summed E-state index contributed by atoms with van der Waals surface area (Å²) in [6.07, 6.45) is -9.36. The summed E-state index contributed by atoms with van der Waals surface area (Å²) < 4.78 is 0. The number of fused-ring (bicyclic) bond motifs is 3. The number of amides is 14. The van der Waals surface area contributed by atoms with E-state index >= 15 is 28.8 Å². The van der Waals surface area contributed by atoms with Gasteiger partial charge in [-0.1, -0.05) is 178 Å². The maximum Gasteiger partial charge on any atom is 0.309 e. The van der Waals surface area contributed by atoms with Crippen LogP contribution in [0.4, 0.5) is 0 Å². The molecular formula is C102H123N17O25S3. The minimum atomic E-state index is -2.62. The number of carboxylic acid groups (broad SMARTS) is 4. The van der Waals surface area contributed by atoms with Gasteiger partial charge >= 0.3 is 23.9 Å². The molecule has 8 bridgehead atoms. The summed E-state index contributed by atoms with van der Waals surface area (Å²) in [5.41, 5.74) is 26.2. The van der Waals surface area contributed by atoms with Crippen molar-refractivity contribution in [2.75, 3.05) is 17.3 Å². The van der Waals surface area contributed by atoms with Crippen molar-refractivity contribution in [3.05, 3.63) is 220 Å². The van der Waals surface area contributed by atoms with E-state index in [4.69, 9.17) is 22.9 Å². The molecule has 0 saturated heterocycles. The number of primary amides is 2. The lowest BCUT2D eigenvalue weighted by molar-refractivity contribution is -0.147. The van der Waals surface area contributed by atoms with Crippen LogP contribution in [0.2, 0.25) is 0 Å². The number of nitrogens with zero attached hydrogens (tertiary/aromatic N) is 1. The Morgan fingerprint density at radius 1 is 0.469 bits per heavy atom. The molecule has 784 valence electrons. The number of carboxylic acids is 4. The molecule has 147 heavy (non-hydrogen) atoms. The SMILES string of the molecule is C[C@H](N)C(=O)N[C@H]1CSCc2ccc(cc2)CN2Cc3ccc(cc3)CSC[C@@H](C(N)=O)CC(=O)[C@H](C(C)(C)C)NC(=O)[C@H](CC(=O)O)NC(=O)[C@H](Cc3ccc(O)cc3)NC(=O)[C@H](Cc3ccccc3)NC(=O)[C@H](CC(=O)O)NC(=O)[C@H](CC(C(=O)O)[C@@]3(CC3=O)NC(=O)[C@H](Cc3cccc4ccccc34)NC(=O)[C@H](CCC(=O)O)NC(=O)[C@H](CC(N)=O)NC(=O)[C@@H](C)NC1=O)NC(=O)[C@@H](N)CSCc1ccc(cc1)C2. The highest BCUT2D eigenvalue weighted by Crippen LogP contribution is 2.42. The third kappa shape index (κ3) is 34.8. The third-order valence-electron chi connectivity index (χ3n) is 24.8. The Balaban J connectivity index is 1.08. The number of carbonyl (C=O) groups excluding carboxylic acids is 16. The van der Waals surface area contributed by atoms with Crippen LogP contribution in [-0.4, -0.2) is 250 Å². The molecule has 14 amide bonds. The largest absolute Gasteiger partial charge is 0.508 e. The van der Waals surface area contributed by atoms with Gasteiger partial charge in [-0.2, -0.15) is 35.3 Å². The summed E-state index contributed by atoms with van der Waals surface area (Å²) in [6.45, 7) is 8.43. The first kappa shape index (κ1) is 114. The van der Waals surface area contributed by atoms with Crippen molar-refractivity contribution in [3.63, 3.8) is 0 Å². The number of rotatable bonds is 19. The number of nitrogens with two attached hydrogens (primary N) is 4. The standard InChI is InChI=1S/C102H123N17O25S3/c1-54(103)88(131)116-79-53-147-50-63-28-22-60(23-29-63)47-119-45-58-18-24-61(25-19-58)48-145-51-66(87(106)130)39-80(121)86(101(3,4)5)117-97(140)78(43-85(128)129)115-93(136)73(37-57-30-32-67(120)33-31-57)111-92(135)72(36-56-12-7-6-8-13-56)112-96(139)77(42-84(126)127)114-94(137)75(110-90(133)70(104)52-146-49-62-26-20-59(46-119)21-27-62)40-69(100(143)144)102(44-81(102)122)118-99(142)74(38-65-16-11-15-64-14-9-10-17-68(64)65)113-91(134)71(34-35-83(124)125)108-95(138)76(41-82(105)123)109-89(132)55(2)107-98(79)141/h6-33,54-55,66,69-79,86,120H,34-53,103-104H2,1-5H3,(H2,105,123)(H2,106,130)(H,107,141)(H,108,138)(H,109,132)(H,110,133)(H,111,135)(H,112,139)(H,113,134)(H,114,137)(H,115,136)(H,116,131)(H,117,140)(H,118,142)(H,124,125)(H,126,127)(H,128,129)(H,143,144)/t54-,55+,66-,69?,70-,71-,72-,73-,74-,75-,76-,77-,78-,79-,86+,102+/m0/s1. The maximum absolute atomic E-state index is 15.6. The fourth-order valence-corrected chi connectivity index (χ4v) is 19.7. The van der Waals surface area contributed by atoms with Gasteiger partial charge in [-0.25, -0.2) is 0 Å². The van der Waals surface area contributed by atoms with Crippen molar-refractivity contribution >= 4 is 164 Å². The van der Waals surface area contributed by atoms with Crippen LogP contribution >= 0.6 is 35.3 Å². The highest BCUT2D eigenvalue weighted by Gasteiger charge is 2.64. The summed E-state index contributed by atoms with van der Waals surface area (Å²) in [4.78, 5) is 288. The first-order valence-electron chi connectivity index (χ1n) is 47.3. The first-order valence-corrected chi connectivity index (χ1v) is 50.8. The van der Waals surface area contributed by atoms with E-state index in [9.17, 15) is 92.7 Å². The van der Waals surface area contributed by atoms with Crippen LogP contribution in [0.15, 0.2) is 170 Å². The Morgan fingerprint density at radius 3 is 1.41 bits per heavy atom. The molecule has 1 fully saturated rings. The fraction of sp³-hybridized carbons (Fsp3) is 0.412. The van der Waals surface area contributed by atoms with Crippen LogP contribution in [-0.2, 0) is 152 Å². The number of phenolic OH excluding ortho intramolecular Hbond substituents is 1. The molecule has 45 heteroatoms. The van der Waals surface area contributed by atoms with E-state index in [2.05, 4.69) is 68.7 Å². The van der Waals surface area contributed by atoms with Crippen LogP contribution in [0, 0.1) is 17.3 Å². The Labute approximate surface area is 858 Å². The zero-order chi connectivity index (χ0) is 107. The topological polar surface area (TPSA) is 694 Å². The maximum atomic E-state index is 15.6. The first-order chi connectivity index (χ1) is 69.7. The average Bonchev–Trinajstić information content (AvgIpc) is 1.57. The number of Topliss-reactive ketones (excluding diaryl/α,β-unsaturated/α-hetero) is 2. The van der Waals surface area contributed by atoms with Gasteiger partial charge in [0, 0.05) is 92.7 Å². The molecule has 6 aliphatic heterocycles. The second-order valence-electron chi connectivity index (χ2n) is 37.8. The minimum Gasteiger partial charge on any atom is -0.508 e. The Morgan fingerprint density at radius 2 is 0.912 bits per heavy atom. The number of benzene rings is 7. The number of hydrogen-bond acceptors (Lipinski definition) is 27. The number of aromatic hydroxyl groups is 1. The molecule has 0 aromatic heterocycles. The Kier molecular flexibility index (Phi) is 41.5. The monoisotopic (exact) mass is 2080 g/mol. The molecule has 25 N–H and O–H groups in total. The van der Waals surface area contributed by atoms with Crippen LogP contribution in [0.3, 0.4) is 0 Å². The smallest absolute Gasteiger partial charge is 0.309 e. The van der Waals surface area contributed by atoms with Crippen molar-refractivity contribution in [3.8, 4) is 5.75 Å². The summed E-state index contributed by atoms with van der Waals surface area (Å²) in [7, 11) is 0. The Bertz CT molecular complexity index is 6000. The number of carbonyl (C=O) groups is 20. The lowest BCUT2D eigenvalue weighted by atomic mass is 9.81. The van der Waals surface area contributed by atoms with Gasteiger partial charge in [0.15, 0.2) is 11.6 Å². The average molecular weight is 2080 g/mol. The van der Waals surface area contributed by atoms with Gasteiger partial charge in [0.05, 0.1) is 49.2 Å². The second-order valence-corrected chi connectivity index (χ2v) is 40.9. The van der Waals surface area contributed by atoms with Crippen LogP contribution in [0.25, 0.3) is 10.8 Å². The van der Waals surface area contributed by atoms with E-state index < -0.39 is 290 Å². The fourth-order valence-electron chi connectivity index (χ4n) is 16.6. The molecule has 1 spiro atoms. The van der Waals surface area contributed by atoms with Crippen molar-refractivity contribution in [2.45, 2.75) is 226 Å². The third-order valence-corrected chi connectivity index (χ3v) is 28.2. The summed E-state index contributed by atoms with van der Waals surface area (Å²) >= 11 is 3.68. The number of aliphatic carboxylic acids is 4. The van der Waals surface area contributed by atoms with Crippen molar-refractivity contribution in [1.82, 2.24) is 68.7 Å². The van der Waals surface area contributed by atoms with Crippen molar-refractivity contribution in [2.24, 2.45) is 40.2 Å². The second kappa shape index (κ2) is 53.4. The summed E-state index contributed by atoms with van der Waals surface area (Å²) in [5.74, 6) is -28.6. The van der Waals surface area contributed by atoms with E-state index in [1.807, 2.05) is 72.8 Å². The number of ketones is 2. The molecule has 7 aromatic carbocycles. The van der Waals surface area contributed by atoms with E-state index in [0.717, 1.165) is 45.1 Å². The molecule has 0 radical (unpaired) electrons. The zero-order valence-electron chi connectivity index (χ0n) is 81.4.